The zero-order valence-corrected chi connectivity index (χ0v) is 51.0. The smallest absolute Gasteiger partial charge is 0.292 e. The van der Waals surface area contributed by atoms with E-state index in [2.05, 4.69) is 68.0 Å². The third-order valence-electron chi connectivity index (χ3n) is 14.1. The number of imidazole rings is 3. The fourth-order valence-electron chi connectivity index (χ4n) is 9.39. The number of oxime groups is 1. The van der Waals surface area contributed by atoms with E-state index >= 15 is 0 Å². The van der Waals surface area contributed by atoms with Crippen molar-refractivity contribution < 1.29 is 52.4 Å². The molecule has 0 aliphatic rings. The van der Waals surface area contributed by atoms with Crippen LogP contribution in [0.15, 0.2) is 116 Å². The lowest BCUT2D eigenvalue weighted by molar-refractivity contribution is -0.117. The first-order chi connectivity index (χ1) is 43.9. The second kappa shape index (κ2) is 27.9. The number of rotatable bonds is 25. The van der Waals surface area contributed by atoms with Gasteiger partial charge in [-0.1, -0.05) is 17.3 Å². The van der Waals surface area contributed by atoms with Gasteiger partial charge in [-0.05, 0) is 54.4 Å². The second-order valence-electron chi connectivity index (χ2n) is 21.2. The molecule has 0 aliphatic heterocycles. The lowest BCUT2D eigenvalue weighted by atomic mass is 10.2. The van der Waals surface area contributed by atoms with E-state index < -0.39 is 53.3 Å². The highest BCUT2D eigenvalue weighted by atomic mass is 19.1. The number of nitrogens with one attached hydrogen (secondary N) is 9. The van der Waals surface area contributed by atoms with Crippen molar-refractivity contribution in [2.45, 2.75) is 18.9 Å². The van der Waals surface area contributed by atoms with Crippen molar-refractivity contribution in [2.75, 3.05) is 56.9 Å². The van der Waals surface area contributed by atoms with E-state index in [0.717, 1.165) is 0 Å². The topological polar surface area (TPSA) is 388 Å². The Bertz CT molecular complexity index is 4340. The third-order valence-corrected chi connectivity index (χ3v) is 14.1. The lowest BCUT2D eigenvalue weighted by Gasteiger charge is -2.11. The molecule has 9 aromatic rings. The normalized spacial score (nSPS) is 11.5. The summed E-state index contributed by atoms with van der Waals surface area (Å²) in [5, 5.41) is 28.3. The zero-order chi connectivity index (χ0) is 66.1. The highest BCUT2D eigenvalue weighted by molar-refractivity contribution is 6.10. The molecular weight excluding hydrogens is 1200 g/mol. The third kappa shape index (κ3) is 15.6. The molecule has 9 rings (SSSR count). The van der Waals surface area contributed by atoms with Crippen LogP contribution in [0.3, 0.4) is 0 Å². The molecule has 0 saturated carbocycles. The van der Waals surface area contributed by atoms with Crippen LogP contribution in [-0.4, -0.2) is 137 Å². The van der Waals surface area contributed by atoms with E-state index in [1.807, 2.05) is 0 Å². The van der Waals surface area contributed by atoms with E-state index in [-0.39, 0.29) is 107 Å². The molecule has 478 valence electrons. The van der Waals surface area contributed by atoms with Crippen molar-refractivity contribution in [3.63, 3.8) is 0 Å². The van der Waals surface area contributed by atoms with Crippen molar-refractivity contribution in [1.29, 1.82) is 0 Å². The maximum Gasteiger partial charge on any atom is 0.292 e. The van der Waals surface area contributed by atoms with Crippen molar-refractivity contribution in [3.05, 3.63) is 168 Å². The maximum absolute atomic E-state index is 13.5. The summed E-state index contributed by atoms with van der Waals surface area (Å²) >= 11 is 0. The van der Waals surface area contributed by atoms with Crippen molar-refractivity contribution in [1.82, 2.24) is 62.1 Å². The molecule has 0 bridgehead atoms. The number of halogens is 1. The molecule has 8 aromatic heterocycles. The molecule has 92 heavy (non-hydrogen) atoms. The number of benzene rings is 1. The molecule has 8 heterocycles. The number of hydrogen-bond donors (Lipinski definition) is 10. The molecule has 9 amide bonds. The van der Waals surface area contributed by atoms with E-state index in [1.165, 1.54) is 125 Å². The average molecular weight is 1260 g/mol. The van der Waals surface area contributed by atoms with Gasteiger partial charge in [0.2, 0.25) is 17.6 Å². The quantitative estimate of drug-likeness (QED) is 0.0223. The molecule has 0 unspecified atom stereocenters. The highest BCUT2D eigenvalue weighted by Crippen LogP contribution is 2.23. The van der Waals surface area contributed by atoms with Gasteiger partial charge in [-0.25, -0.2) is 19.3 Å². The Balaban J connectivity index is 0.691. The van der Waals surface area contributed by atoms with E-state index in [9.17, 15) is 47.5 Å². The number of aromatic nitrogens is 11. The number of carbonyl (C=O) groups is 9. The molecule has 0 saturated heterocycles. The first kappa shape index (κ1) is 64.3. The van der Waals surface area contributed by atoms with Crippen molar-refractivity contribution in [2.24, 2.45) is 67.3 Å². The standard InChI is InChI=1S/C59H65FN22O10/c1-75-18-17-62-48(75)57(89)74-47-32-82(8)50(72-47)59(91)70-39-23-44(79(5)30-39)55(87)67-36-21-42(77(3)27-36)53(85)64-16-14-40(61)51(83)73-46-31-81(7)49(71-46)58(90)69-38-24-45(80(6)29-38)56(88)68-37-22-43(78(4)28-37)54(86)66-35-20-41(76(2)26-35)52(84)63-15-9-19-92-65-25-33-10-12-34(60)13-11-33/h10-13,17-18,20-32,40H,9,14-16,19,61H2,1-8H3,(H,63,84)(H,64,85)(H,66,86)(H,67,87)(H,68,88)(H,69,90)(H,70,91)(H,73,83)(H,74,89)/b65-25-/t40-/m1/s1. The van der Waals surface area contributed by atoms with Crippen LogP contribution < -0.4 is 53.6 Å². The molecule has 32 nitrogen and oxygen atoms in total. The molecule has 0 fully saturated rings. The largest absolute Gasteiger partial charge is 0.396 e. The predicted octanol–water partition coefficient (Wildman–Crippen LogP) is 3.49. The number of carbonyl (C=O) groups excluding carboxylic acids is 9. The summed E-state index contributed by atoms with van der Waals surface area (Å²) < 4.78 is 25.0. The molecule has 11 N–H and O–H groups in total. The molecular formula is C59H65FN22O10. The predicted molar refractivity (Wildman–Crippen MR) is 335 cm³/mol. The zero-order valence-electron chi connectivity index (χ0n) is 51.0. The Morgan fingerprint density at radius 1 is 0.489 bits per heavy atom. The monoisotopic (exact) mass is 1260 g/mol. The van der Waals surface area contributed by atoms with Crippen molar-refractivity contribution >= 4 is 99.5 Å². The molecule has 0 spiro atoms. The SMILES string of the molecule is Cn1cc(NC(=O)c2cc(NC(=O)c3cc(NC(=O)c4nc(NC(=O)[C@H](N)CCNC(=O)c5cc(NC(=O)c6cc(NC(=O)c7nc(NC(=O)c8nccn8C)cn7C)cn6C)cn5C)cn4C)cn3C)cn2C)cc1C(=O)NCCCO/N=C\c1ccc(F)cc1. The minimum absolute atomic E-state index is 0.00528. The van der Waals surface area contributed by atoms with Crippen LogP contribution in [0.1, 0.15) is 103 Å². The highest BCUT2D eigenvalue weighted by Gasteiger charge is 2.25. The second-order valence-corrected chi connectivity index (χ2v) is 21.2. The van der Waals surface area contributed by atoms with Crippen LogP contribution >= 0.6 is 0 Å². The first-order valence-corrected chi connectivity index (χ1v) is 28.2. The fourth-order valence-corrected chi connectivity index (χ4v) is 9.39. The maximum atomic E-state index is 13.5. The molecule has 33 heteroatoms. The summed E-state index contributed by atoms with van der Waals surface area (Å²) in [4.78, 5) is 137. The van der Waals surface area contributed by atoms with Crippen LogP contribution in [0.4, 0.5) is 44.5 Å². The molecule has 1 atom stereocenters. The van der Waals surface area contributed by atoms with E-state index in [4.69, 9.17) is 10.6 Å². The van der Waals surface area contributed by atoms with Gasteiger partial charge in [-0.2, -0.15) is 0 Å². The lowest BCUT2D eigenvalue weighted by Crippen LogP contribution is -2.39. The number of aryl methyl sites for hydroxylation is 8. The van der Waals surface area contributed by atoms with Gasteiger partial charge in [0, 0.05) is 132 Å². The van der Waals surface area contributed by atoms with Crippen LogP contribution in [-0.2, 0) is 66.0 Å². The van der Waals surface area contributed by atoms with Crippen LogP contribution in [0, 0.1) is 5.82 Å². The van der Waals surface area contributed by atoms with E-state index in [1.54, 1.807) is 84.6 Å². The Labute approximate surface area is 523 Å². The number of hydrogen-bond acceptors (Lipinski definition) is 15. The summed E-state index contributed by atoms with van der Waals surface area (Å²) in [5.41, 5.74) is 9.32. The van der Waals surface area contributed by atoms with Crippen molar-refractivity contribution in [3.8, 4) is 0 Å². The minimum atomic E-state index is -1.11. The molecule has 0 aliphatic carbocycles. The number of nitrogens with zero attached hydrogens (tertiary/aromatic N) is 12. The number of amides is 9. The summed E-state index contributed by atoms with van der Waals surface area (Å²) in [6.07, 6.45) is 15.6. The summed E-state index contributed by atoms with van der Waals surface area (Å²) in [7, 11) is 12.9. The van der Waals surface area contributed by atoms with Crippen LogP contribution in [0.25, 0.3) is 0 Å². The van der Waals surface area contributed by atoms with Gasteiger partial charge < -0.3 is 95.0 Å². The molecule has 0 radical (unpaired) electrons. The Morgan fingerprint density at radius 2 is 0.880 bits per heavy atom. The van der Waals surface area contributed by atoms with E-state index in [0.29, 0.717) is 29.0 Å². The van der Waals surface area contributed by atoms with Gasteiger partial charge in [0.15, 0.2) is 17.5 Å². The Hall–Kier alpha value is -12.2. The van der Waals surface area contributed by atoms with Gasteiger partial charge in [-0.3, -0.25) is 43.2 Å². The Morgan fingerprint density at radius 3 is 1.30 bits per heavy atom. The number of anilines is 7. The minimum Gasteiger partial charge on any atom is -0.396 e. The van der Waals surface area contributed by atoms with Crippen LogP contribution in [0.5, 0.6) is 0 Å². The number of nitrogens with two attached hydrogens (primary N) is 1. The van der Waals surface area contributed by atoms with Crippen LogP contribution in [0.2, 0.25) is 0 Å². The first-order valence-electron chi connectivity index (χ1n) is 28.2. The molecule has 1 aromatic carbocycles. The van der Waals surface area contributed by atoms with Gasteiger partial charge in [0.05, 0.1) is 40.7 Å². The van der Waals surface area contributed by atoms with Gasteiger partial charge in [0.25, 0.3) is 47.3 Å². The van der Waals surface area contributed by atoms with Gasteiger partial charge >= 0.3 is 0 Å². The Kier molecular flexibility index (Phi) is 19.5. The summed E-state index contributed by atoms with van der Waals surface area (Å²) in [6.45, 7) is 0.495. The average Bonchev–Trinajstić information content (AvgIpc) is 1.73. The summed E-state index contributed by atoms with van der Waals surface area (Å²) in [5.74, 6) is -5.10. The fraction of sp³-hybridized carbons (Fsp3) is 0.237. The van der Waals surface area contributed by atoms with Gasteiger partial charge in [0.1, 0.15) is 40.9 Å². The summed E-state index contributed by atoms with van der Waals surface area (Å²) in [6, 6.07) is 12.0. The van der Waals surface area contributed by atoms with Gasteiger partial charge in [-0.15, -0.1) is 0 Å².